The molecule has 1 heterocycles. The lowest BCUT2D eigenvalue weighted by Gasteiger charge is -2.17. The molecule has 2 N–H and O–H groups in total. The summed E-state index contributed by atoms with van der Waals surface area (Å²) in [4.78, 5) is 11.3. The van der Waals surface area contributed by atoms with E-state index in [2.05, 4.69) is 0 Å². The van der Waals surface area contributed by atoms with Crippen molar-refractivity contribution >= 4 is 15.9 Å². The van der Waals surface area contributed by atoms with Crippen molar-refractivity contribution in [2.45, 2.75) is 18.7 Å². The first-order valence-corrected chi connectivity index (χ1v) is 7.73. The van der Waals surface area contributed by atoms with Gasteiger partial charge in [0.15, 0.2) is 0 Å². The van der Waals surface area contributed by atoms with Crippen molar-refractivity contribution in [2.75, 3.05) is 13.1 Å². The van der Waals surface area contributed by atoms with Crippen molar-refractivity contribution in [3.05, 3.63) is 29.6 Å². The number of amides is 1. The van der Waals surface area contributed by atoms with Crippen LogP contribution in [0.4, 0.5) is 4.39 Å². The summed E-state index contributed by atoms with van der Waals surface area (Å²) in [6, 6.07) is 3.55. The molecule has 7 heteroatoms. The van der Waals surface area contributed by atoms with Crippen molar-refractivity contribution in [1.29, 1.82) is 0 Å². The van der Waals surface area contributed by atoms with Crippen molar-refractivity contribution in [2.24, 2.45) is 17.6 Å². The lowest BCUT2D eigenvalue weighted by Crippen LogP contribution is -2.32. The molecule has 0 aliphatic carbocycles. The van der Waals surface area contributed by atoms with E-state index in [-0.39, 0.29) is 23.9 Å². The van der Waals surface area contributed by atoms with Crippen LogP contribution in [-0.4, -0.2) is 31.7 Å². The molecule has 110 valence electrons. The second kappa shape index (κ2) is 5.14. The van der Waals surface area contributed by atoms with Gasteiger partial charge in [0.05, 0.1) is 10.8 Å². The molecule has 1 saturated heterocycles. The molecule has 0 spiro atoms. The molecule has 0 radical (unpaired) electrons. The van der Waals surface area contributed by atoms with E-state index in [0.717, 1.165) is 6.07 Å². The van der Waals surface area contributed by atoms with Crippen LogP contribution in [0.2, 0.25) is 0 Å². The summed E-state index contributed by atoms with van der Waals surface area (Å²) in [5, 5.41) is 0. The maximum Gasteiger partial charge on any atom is 0.243 e. The van der Waals surface area contributed by atoms with Gasteiger partial charge in [0.2, 0.25) is 15.9 Å². The van der Waals surface area contributed by atoms with E-state index in [1.54, 1.807) is 13.8 Å². The van der Waals surface area contributed by atoms with Crippen molar-refractivity contribution in [1.82, 2.24) is 4.31 Å². The first-order valence-electron chi connectivity index (χ1n) is 6.29. The lowest BCUT2D eigenvalue weighted by atomic mass is 9.98. The number of primary amides is 1. The molecule has 0 bridgehead atoms. The van der Waals surface area contributed by atoms with Gasteiger partial charge < -0.3 is 5.73 Å². The quantitative estimate of drug-likeness (QED) is 0.899. The first kappa shape index (κ1) is 14.9. The zero-order valence-corrected chi connectivity index (χ0v) is 12.2. The number of carbonyl (C=O) groups is 1. The Morgan fingerprint density at radius 3 is 2.55 bits per heavy atom. The minimum atomic E-state index is -3.73. The van der Waals surface area contributed by atoms with Crippen LogP contribution in [0.25, 0.3) is 0 Å². The highest BCUT2D eigenvalue weighted by Gasteiger charge is 2.40. The number of hydrogen-bond acceptors (Lipinski definition) is 3. The average molecular weight is 300 g/mol. The van der Waals surface area contributed by atoms with Crippen LogP contribution in [0.5, 0.6) is 0 Å². The molecule has 2 rings (SSSR count). The van der Waals surface area contributed by atoms with Crippen molar-refractivity contribution < 1.29 is 17.6 Å². The maximum atomic E-state index is 13.1. The predicted molar refractivity (Wildman–Crippen MR) is 71.7 cm³/mol. The number of nitrogens with zero attached hydrogens (tertiary/aromatic N) is 1. The Bertz CT molecular complexity index is 645. The van der Waals surface area contributed by atoms with Gasteiger partial charge in [0, 0.05) is 13.1 Å². The summed E-state index contributed by atoms with van der Waals surface area (Å²) in [5.41, 5.74) is 5.62. The Kier molecular flexibility index (Phi) is 3.84. The van der Waals surface area contributed by atoms with Gasteiger partial charge in [0.25, 0.3) is 0 Å². The van der Waals surface area contributed by atoms with E-state index >= 15 is 0 Å². The monoisotopic (exact) mass is 300 g/mol. The third-order valence-corrected chi connectivity index (χ3v) is 5.69. The minimum absolute atomic E-state index is 0.0659. The van der Waals surface area contributed by atoms with Crippen LogP contribution in [0.15, 0.2) is 23.1 Å². The molecule has 1 aliphatic heterocycles. The predicted octanol–water partition coefficient (Wildman–Crippen LogP) is 0.876. The zero-order chi connectivity index (χ0) is 15.1. The Morgan fingerprint density at radius 2 is 2.05 bits per heavy atom. The van der Waals surface area contributed by atoms with E-state index in [1.807, 2.05) is 0 Å². The van der Waals surface area contributed by atoms with Crippen LogP contribution < -0.4 is 5.73 Å². The molecule has 1 fully saturated rings. The topological polar surface area (TPSA) is 80.5 Å². The van der Waals surface area contributed by atoms with E-state index in [0.29, 0.717) is 5.56 Å². The minimum Gasteiger partial charge on any atom is -0.369 e. The molecule has 0 unspecified atom stereocenters. The summed E-state index contributed by atoms with van der Waals surface area (Å²) in [6.07, 6.45) is 0. The van der Waals surface area contributed by atoms with Gasteiger partial charge in [0.1, 0.15) is 5.82 Å². The number of aryl methyl sites for hydroxylation is 1. The molecule has 1 aromatic rings. The Hall–Kier alpha value is -1.47. The molecule has 1 amide bonds. The summed E-state index contributed by atoms with van der Waals surface area (Å²) >= 11 is 0. The van der Waals surface area contributed by atoms with E-state index in [1.165, 1.54) is 16.4 Å². The Labute approximate surface area is 117 Å². The van der Waals surface area contributed by atoms with Crippen molar-refractivity contribution in [3.8, 4) is 0 Å². The fourth-order valence-corrected chi connectivity index (χ4v) is 4.30. The Balaban J connectivity index is 2.35. The number of rotatable bonds is 3. The van der Waals surface area contributed by atoms with Crippen LogP contribution in [0.1, 0.15) is 12.5 Å². The van der Waals surface area contributed by atoms with Gasteiger partial charge >= 0.3 is 0 Å². The molecule has 0 aromatic heterocycles. The SMILES string of the molecule is Cc1cc(F)ccc1S(=O)(=O)N1C[C@@H](C)[C@H](C(N)=O)C1. The molecule has 0 saturated carbocycles. The van der Waals surface area contributed by atoms with Gasteiger partial charge in [-0.05, 0) is 36.6 Å². The number of carbonyl (C=O) groups excluding carboxylic acids is 1. The number of halogens is 1. The summed E-state index contributed by atoms with van der Waals surface area (Å²) in [6.45, 7) is 3.66. The molecular weight excluding hydrogens is 283 g/mol. The molecule has 20 heavy (non-hydrogen) atoms. The van der Waals surface area contributed by atoms with Gasteiger partial charge in [-0.1, -0.05) is 6.92 Å². The standard InChI is InChI=1S/C13H17FN2O3S/c1-8-5-10(14)3-4-12(8)20(18,19)16-6-9(2)11(7-16)13(15)17/h3-5,9,11H,6-7H2,1-2H3,(H2,15,17)/t9-,11-/m1/s1. The second-order valence-electron chi connectivity index (χ2n) is 5.22. The van der Waals surface area contributed by atoms with Crippen LogP contribution in [0, 0.1) is 24.6 Å². The highest BCUT2D eigenvalue weighted by atomic mass is 32.2. The van der Waals surface area contributed by atoms with Gasteiger partial charge in [-0.2, -0.15) is 4.31 Å². The van der Waals surface area contributed by atoms with Gasteiger partial charge in [-0.15, -0.1) is 0 Å². The first-order chi connectivity index (χ1) is 9.23. The number of sulfonamides is 1. The third kappa shape index (κ3) is 2.55. The molecule has 1 aromatic carbocycles. The summed E-state index contributed by atoms with van der Waals surface area (Å²) in [5.74, 6) is -1.58. The number of hydrogen-bond donors (Lipinski definition) is 1. The highest BCUT2D eigenvalue weighted by molar-refractivity contribution is 7.89. The van der Waals surface area contributed by atoms with Crippen LogP contribution in [0.3, 0.4) is 0 Å². The summed E-state index contributed by atoms with van der Waals surface area (Å²) < 4.78 is 39.4. The average Bonchev–Trinajstić information content (AvgIpc) is 2.71. The second-order valence-corrected chi connectivity index (χ2v) is 7.12. The lowest BCUT2D eigenvalue weighted by molar-refractivity contribution is -0.122. The molecule has 5 nitrogen and oxygen atoms in total. The van der Waals surface area contributed by atoms with E-state index in [4.69, 9.17) is 5.73 Å². The van der Waals surface area contributed by atoms with E-state index < -0.39 is 27.7 Å². The summed E-state index contributed by atoms with van der Waals surface area (Å²) in [7, 11) is -3.73. The fourth-order valence-electron chi connectivity index (χ4n) is 2.53. The number of benzene rings is 1. The van der Waals surface area contributed by atoms with E-state index in [9.17, 15) is 17.6 Å². The maximum absolute atomic E-state index is 13.1. The van der Waals surface area contributed by atoms with Gasteiger partial charge in [-0.25, -0.2) is 12.8 Å². The molecule has 2 atom stereocenters. The highest BCUT2D eigenvalue weighted by Crippen LogP contribution is 2.29. The molecular formula is C13H17FN2O3S. The fraction of sp³-hybridized carbons (Fsp3) is 0.462. The third-order valence-electron chi connectivity index (χ3n) is 3.70. The normalized spacial score (nSPS) is 23.9. The van der Waals surface area contributed by atoms with Crippen molar-refractivity contribution in [3.63, 3.8) is 0 Å². The number of nitrogens with two attached hydrogens (primary N) is 1. The Morgan fingerprint density at radius 1 is 1.40 bits per heavy atom. The van der Waals surface area contributed by atoms with Crippen LogP contribution >= 0.6 is 0 Å². The smallest absolute Gasteiger partial charge is 0.243 e. The molecule has 1 aliphatic rings. The largest absolute Gasteiger partial charge is 0.369 e. The zero-order valence-electron chi connectivity index (χ0n) is 11.3. The van der Waals surface area contributed by atoms with Gasteiger partial charge in [-0.3, -0.25) is 4.79 Å². The van der Waals surface area contributed by atoms with Crippen LogP contribution in [-0.2, 0) is 14.8 Å².